The van der Waals surface area contributed by atoms with Gasteiger partial charge in [0.1, 0.15) is 0 Å². The molecule has 0 N–H and O–H groups in total. The molecule has 1 aromatic heterocycles. The van der Waals surface area contributed by atoms with E-state index in [-0.39, 0.29) is 0 Å². The molecular formula is C12H12N2. The molecule has 1 fully saturated rings. The van der Waals surface area contributed by atoms with E-state index in [1.807, 2.05) is 12.4 Å². The summed E-state index contributed by atoms with van der Waals surface area (Å²) < 4.78 is 0. The van der Waals surface area contributed by atoms with Crippen molar-refractivity contribution in [3.05, 3.63) is 35.7 Å². The van der Waals surface area contributed by atoms with E-state index in [4.69, 9.17) is 0 Å². The van der Waals surface area contributed by atoms with Crippen LogP contribution in [0, 0.1) is 12.8 Å². The van der Waals surface area contributed by atoms with Crippen LogP contribution in [0.1, 0.15) is 17.7 Å². The molecule has 3 rings (SSSR count). The number of rotatable bonds is 1. The Hall–Kier alpha value is -1.44. The first-order chi connectivity index (χ1) is 6.84. The van der Waals surface area contributed by atoms with Crippen molar-refractivity contribution in [2.45, 2.75) is 19.4 Å². The van der Waals surface area contributed by atoms with Gasteiger partial charge in [-0.1, -0.05) is 6.07 Å². The summed E-state index contributed by atoms with van der Waals surface area (Å²) >= 11 is 0. The molecule has 1 saturated carbocycles. The predicted molar refractivity (Wildman–Crippen MR) is 57.3 cm³/mol. The number of aryl methyl sites for hydroxylation is 1. The lowest BCUT2D eigenvalue weighted by atomic mass is 10.0. The second kappa shape index (κ2) is 2.77. The van der Waals surface area contributed by atoms with Crippen molar-refractivity contribution in [3.8, 4) is 0 Å². The van der Waals surface area contributed by atoms with Crippen molar-refractivity contribution in [2.24, 2.45) is 10.9 Å². The Morgan fingerprint density at radius 2 is 2.29 bits per heavy atom. The Bertz CT molecular complexity index is 414. The lowest BCUT2D eigenvalue weighted by Crippen LogP contribution is -1.98. The first-order valence-electron chi connectivity index (χ1n) is 5.01. The number of pyridine rings is 1. The van der Waals surface area contributed by atoms with Gasteiger partial charge in [-0.05, 0) is 36.6 Å². The molecule has 14 heavy (non-hydrogen) atoms. The highest BCUT2D eigenvalue weighted by Gasteiger charge is 2.41. The topological polar surface area (TPSA) is 25.2 Å². The summed E-state index contributed by atoms with van der Waals surface area (Å²) in [5, 5.41) is 0. The number of aliphatic imine (C=N–C) groups is 1. The second-order valence-corrected chi connectivity index (χ2v) is 4.05. The number of hydrogen-bond donors (Lipinski definition) is 0. The van der Waals surface area contributed by atoms with E-state index in [0.717, 1.165) is 5.69 Å². The average Bonchev–Trinajstić information content (AvgIpc) is 2.97. The largest absolute Gasteiger partial charge is 0.289 e. The number of hydrogen-bond acceptors (Lipinski definition) is 2. The predicted octanol–water partition coefficient (Wildman–Crippen LogP) is 2.25. The molecule has 2 aliphatic rings. The third-order valence-electron chi connectivity index (χ3n) is 2.89. The SMILES string of the molecule is Cc1ccc(C2=CC=NC3CC23)nc1. The van der Waals surface area contributed by atoms with Crippen molar-refractivity contribution >= 4 is 11.8 Å². The van der Waals surface area contributed by atoms with E-state index in [1.165, 1.54) is 17.6 Å². The van der Waals surface area contributed by atoms with Crippen LogP contribution in [0.25, 0.3) is 5.57 Å². The molecule has 0 saturated heterocycles. The smallest absolute Gasteiger partial charge is 0.0665 e. The quantitative estimate of drug-likeness (QED) is 0.657. The van der Waals surface area contributed by atoms with Gasteiger partial charge in [-0.2, -0.15) is 0 Å². The highest BCUT2D eigenvalue weighted by atomic mass is 14.9. The van der Waals surface area contributed by atoms with Crippen LogP contribution in [0.3, 0.4) is 0 Å². The van der Waals surface area contributed by atoms with E-state index in [1.54, 1.807) is 0 Å². The van der Waals surface area contributed by atoms with Gasteiger partial charge in [-0.3, -0.25) is 9.98 Å². The van der Waals surface area contributed by atoms with Gasteiger partial charge in [-0.25, -0.2) is 0 Å². The molecule has 2 atom stereocenters. The summed E-state index contributed by atoms with van der Waals surface area (Å²) in [5.41, 5.74) is 3.70. The van der Waals surface area contributed by atoms with Gasteiger partial charge in [0.25, 0.3) is 0 Å². The molecule has 2 unspecified atom stereocenters. The Morgan fingerprint density at radius 3 is 3.07 bits per heavy atom. The summed E-state index contributed by atoms with van der Waals surface area (Å²) in [6.45, 7) is 2.06. The second-order valence-electron chi connectivity index (χ2n) is 4.05. The number of fused-ring (bicyclic) bond motifs is 1. The molecule has 0 aromatic carbocycles. The lowest BCUT2D eigenvalue weighted by Gasteiger charge is -2.07. The summed E-state index contributed by atoms with van der Waals surface area (Å²) in [6, 6.07) is 4.78. The summed E-state index contributed by atoms with van der Waals surface area (Å²) in [4.78, 5) is 8.82. The fourth-order valence-corrected chi connectivity index (χ4v) is 1.95. The maximum Gasteiger partial charge on any atom is 0.0665 e. The monoisotopic (exact) mass is 184 g/mol. The zero-order chi connectivity index (χ0) is 9.54. The summed E-state index contributed by atoms with van der Waals surface area (Å²) in [6.07, 6.45) is 7.16. The molecule has 2 heteroatoms. The number of nitrogens with zero attached hydrogens (tertiary/aromatic N) is 2. The van der Waals surface area contributed by atoms with Gasteiger partial charge in [0, 0.05) is 18.3 Å². The van der Waals surface area contributed by atoms with E-state index in [0.29, 0.717) is 12.0 Å². The molecule has 0 spiro atoms. The first kappa shape index (κ1) is 7.92. The maximum absolute atomic E-state index is 4.45. The first-order valence-corrected chi connectivity index (χ1v) is 5.01. The summed E-state index contributed by atoms with van der Waals surface area (Å²) in [7, 11) is 0. The Kier molecular flexibility index (Phi) is 1.57. The minimum absolute atomic E-state index is 0.554. The Labute approximate surface area is 83.4 Å². The van der Waals surface area contributed by atoms with Gasteiger partial charge < -0.3 is 0 Å². The molecule has 1 aliphatic heterocycles. The van der Waals surface area contributed by atoms with Gasteiger partial charge in [0.2, 0.25) is 0 Å². The molecule has 1 aromatic rings. The zero-order valence-electron chi connectivity index (χ0n) is 8.14. The van der Waals surface area contributed by atoms with Crippen LogP contribution in [0.5, 0.6) is 0 Å². The van der Waals surface area contributed by atoms with Gasteiger partial charge in [0.05, 0.1) is 11.7 Å². The van der Waals surface area contributed by atoms with Crippen LogP contribution in [0.4, 0.5) is 0 Å². The van der Waals surface area contributed by atoms with Crippen LogP contribution >= 0.6 is 0 Å². The minimum Gasteiger partial charge on any atom is -0.289 e. The zero-order valence-corrected chi connectivity index (χ0v) is 8.14. The average molecular weight is 184 g/mol. The van der Waals surface area contributed by atoms with E-state index < -0.39 is 0 Å². The minimum atomic E-state index is 0.554. The van der Waals surface area contributed by atoms with Crippen molar-refractivity contribution in [3.63, 3.8) is 0 Å². The van der Waals surface area contributed by atoms with E-state index >= 15 is 0 Å². The van der Waals surface area contributed by atoms with Crippen molar-refractivity contribution in [1.29, 1.82) is 0 Å². The normalized spacial score (nSPS) is 28.2. The number of aromatic nitrogens is 1. The maximum atomic E-state index is 4.45. The molecule has 0 amide bonds. The summed E-state index contributed by atoms with van der Waals surface area (Å²) in [5.74, 6) is 0.648. The molecular weight excluding hydrogens is 172 g/mol. The van der Waals surface area contributed by atoms with Crippen LogP contribution in [0.15, 0.2) is 29.4 Å². The molecule has 0 bridgehead atoms. The molecule has 70 valence electrons. The van der Waals surface area contributed by atoms with Crippen LogP contribution < -0.4 is 0 Å². The number of allylic oxidation sites excluding steroid dienone is 1. The number of dihydropyridines is 1. The van der Waals surface area contributed by atoms with Crippen LogP contribution in [-0.2, 0) is 0 Å². The third kappa shape index (κ3) is 1.18. The highest BCUT2D eigenvalue weighted by molar-refractivity contribution is 5.88. The van der Waals surface area contributed by atoms with E-state index in [9.17, 15) is 0 Å². The van der Waals surface area contributed by atoms with Crippen LogP contribution in [0.2, 0.25) is 0 Å². The van der Waals surface area contributed by atoms with Gasteiger partial charge in [0.15, 0.2) is 0 Å². The molecule has 0 radical (unpaired) electrons. The third-order valence-corrected chi connectivity index (χ3v) is 2.89. The van der Waals surface area contributed by atoms with E-state index in [2.05, 4.69) is 35.1 Å². The lowest BCUT2D eigenvalue weighted by molar-refractivity contribution is 0.976. The molecule has 2 nitrogen and oxygen atoms in total. The Morgan fingerprint density at radius 1 is 1.36 bits per heavy atom. The standard InChI is InChI=1S/C12H12N2/c1-8-2-3-11(14-7-8)9-4-5-13-12-6-10(9)12/h2-5,7,10,12H,6H2,1H3. The van der Waals surface area contributed by atoms with Gasteiger partial charge in [-0.15, -0.1) is 0 Å². The fraction of sp³-hybridized carbons (Fsp3) is 0.333. The fourth-order valence-electron chi connectivity index (χ4n) is 1.95. The highest BCUT2D eigenvalue weighted by Crippen LogP contribution is 2.45. The van der Waals surface area contributed by atoms with Crippen LogP contribution in [-0.4, -0.2) is 17.2 Å². The molecule has 1 aliphatic carbocycles. The Balaban J connectivity index is 1.99. The van der Waals surface area contributed by atoms with Crippen molar-refractivity contribution in [1.82, 2.24) is 4.98 Å². The van der Waals surface area contributed by atoms with Gasteiger partial charge >= 0.3 is 0 Å². The van der Waals surface area contributed by atoms with Crippen molar-refractivity contribution in [2.75, 3.05) is 0 Å². The molecule has 2 heterocycles. The van der Waals surface area contributed by atoms with Crippen molar-refractivity contribution < 1.29 is 0 Å².